The van der Waals surface area contributed by atoms with Crippen molar-refractivity contribution in [2.45, 2.75) is 56.3 Å². The Bertz CT molecular complexity index is 779. The Hall–Kier alpha value is -2.68. The highest BCUT2D eigenvalue weighted by atomic mass is 32.2. The van der Waals surface area contributed by atoms with E-state index in [-0.39, 0.29) is 19.3 Å². The van der Waals surface area contributed by atoms with Crippen LogP contribution >= 0.6 is 11.8 Å². The number of aromatic amines is 1. The summed E-state index contributed by atoms with van der Waals surface area (Å²) < 4.78 is 0. The summed E-state index contributed by atoms with van der Waals surface area (Å²) in [5, 5.41) is 26.1. The molecule has 10 N–H and O–H groups in total. The van der Waals surface area contributed by atoms with E-state index in [1.165, 1.54) is 24.3 Å². The van der Waals surface area contributed by atoms with Gasteiger partial charge >= 0.3 is 5.97 Å². The van der Waals surface area contributed by atoms with Crippen LogP contribution in [0.4, 0.5) is 0 Å². The Labute approximate surface area is 202 Å². The van der Waals surface area contributed by atoms with Gasteiger partial charge in [-0.2, -0.15) is 11.8 Å². The monoisotopic (exact) mass is 501 g/mol. The second-order valence-electron chi connectivity index (χ2n) is 7.66. The quantitative estimate of drug-likeness (QED) is 0.106. The third-order valence-corrected chi connectivity index (χ3v) is 5.59. The van der Waals surface area contributed by atoms with Crippen molar-refractivity contribution in [1.82, 2.24) is 25.9 Å². The first-order valence-electron chi connectivity index (χ1n) is 10.9. The standard InChI is InChI=1S/C20H35N7O6S/c1-34-7-5-14(25-17(29)13(22)10-28)18(30)27-16(8-12-9-23-11-24-12)19(31)26-15(20(32)33)4-2-3-6-21/h9,11,13-16,28H,2-8,10,21-22H2,1H3,(H,23,24)(H,25,29)(H,26,31)(H,27,30)(H,32,33). The topological polar surface area (TPSA) is 226 Å². The van der Waals surface area contributed by atoms with Crippen molar-refractivity contribution in [1.29, 1.82) is 0 Å². The zero-order valence-corrected chi connectivity index (χ0v) is 20.0. The normalized spacial score (nSPS) is 14.5. The molecule has 0 aromatic carbocycles. The van der Waals surface area contributed by atoms with Gasteiger partial charge in [-0.15, -0.1) is 0 Å². The van der Waals surface area contributed by atoms with Crippen LogP contribution in [0.5, 0.6) is 0 Å². The van der Waals surface area contributed by atoms with Gasteiger partial charge in [0.25, 0.3) is 0 Å². The SMILES string of the molecule is CSCCC(NC(=O)C(N)CO)C(=O)NC(Cc1cnc[nH]1)C(=O)NC(CCCCN)C(=O)O. The molecular formula is C20H35N7O6S. The van der Waals surface area contributed by atoms with Crippen molar-refractivity contribution in [3.63, 3.8) is 0 Å². The number of aromatic nitrogens is 2. The number of aliphatic hydroxyl groups excluding tert-OH is 1. The van der Waals surface area contributed by atoms with Crippen LogP contribution in [0.1, 0.15) is 31.4 Å². The van der Waals surface area contributed by atoms with Crippen molar-refractivity contribution in [3.8, 4) is 0 Å². The van der Waals surface area contributed by atoms with Crippen molar-refractivity contribution in [3.05, 3.63) is 18.2 Å². The lowest BCUT2D eigenvalue weighted by atomic mass is 10.1. The molecule has 0 aliphatic heterocycles. The van der Waals surface area contributed by atoms with E-state index in [1.54, 1.807) is 0 Å². The predicted molar refractivity (Wildman–Crippen MR) is 127 cm³/mol. The van der Waals surface area contributed by atoms with E-state index in [0.717, 1.165) is 0 Å². The molecule has 0 saturated carbocycles. The summed E-state index contributed by atoms with van der Waals surface area (Å²) in [6.45, 7) is -0.184. The fraction of sp³-hybridized carbons (Fsp3) is 0.650. The number of hydrogen-bond donors (Lipinski definition) is 8. The Balaban J connectivity index is 2.99. The molecule has 4 atom stereocenters. The van der Waals surface area contributed by atoms with E-state index in [4.69, 9.17) is 16.6 Å². The smallest absolute Gasteiger partial charge is 0.326 e. The molecule has 0 bridgehead atoms. The second kappa shape index (κ2) is 16.0. The lowest BCUT2D eigenvalue weighted by Gasteiger charge is -2.25. The molecule has 0 saturated heterocycles. The zero-order chi connectivity index (χ0) is 25.5. The first-order valence-corrected chi connectivity index (χ1v) is 12.3. The maximum absolute atomic E-state index is 13.0. The summed E-state index contributed by atoms with van der Waals surface area (Å²) >= 11 is 1.46. The highest BCUT2D eigenvalue weighted by molar-refractivity contribution is 7.98. The van der Waals surface area contributed by atoms with Crippen LogP contribution in [0.25, 0.3) is 0 Å². The van der Waals surface area contributed by atoms with Crippen molar-refractivity contribution >= 4 is 35.5 Å². The average Bonchev–Trinajstić information content (AvgIpc) is 3.32. The van der Waals surface area contributed by atoms with Gasteiger partial charge in [0.1, 0.15) is 24.2 Å². The minimum atomic E-state index is -1.20. The maximum atomic E-state index is 13.0. The number of carbonyl (C=O) groups is 4. The summed E-state index contributed by atoms with van der Waals surface area (Å²) in [7, 11) is 0. The van der Waals surface area contributed by atoms with E-state index >= 15 is 0 Å². The molecule has 192 valence electrons. The van der Waals surface area contributed by atoms with Crippen molar-refractivity contribution in [2.24, 2.45) is 11.5 Å². The molecule has 0 aliphatic rings. The van der Waals surface area contributed by atoms with Crippen molar-refractivity contribution < 1.29 is 29.4 Å². The Kier molecular flexibility index (Phi) is 13.8. The number of unbranched alkanes of at least 4 members (excludes halogenated alkanes) is 1. The number of thioether (sulfide) groups is 1. The molecular weight excluding hydrogens is 466 g/mol. The lowest BCUT2D eigenvalue weighted by Crippen LogP contribution is -2.58. The van der Waals surface area contributed by atoms with Gasteiger partial charge in [0.05, 0.1) is 12.9 Å². The summed E-state index contributed by atoms with van der Waals surface area (Å²) in [4.78, 5) is 56.4. The number of carbonyl (C=O) groups excluding carboxylic acids is 3. The number of nitrogens with two attached hydrogens (primary N) is 2. The van der Waals surface area contributed by atoms with Crippen LogP contribution in [-0.2, 0) is 25.6 Å². The molecule has 0 fully saturated rings. The molecule has 0 aliphatic carbocycles. The van der Waals surface area contributed by atoms with Gasteiger partial charge < -0.3 is 42.6 Å². The molecule has 0 radical (unpaired) electrons. The predicted octanol–water partition coefficient (Wildman–Crippen LogP) is -2.31. The van der Waals surface area contributed by atoms with Crippen LogP contribution in [-0.4, -0.2) is 93.2 Å². The molecule has 1 rings (SSSR count). The number of nitrogens with one attached hydrogen (secondary N) is 4. The number of carboxylic acid groups (broad SMARTS) is 1. The number of amides is 3. The fourth-order valence-electron chi connectivity index (χ4n) is 2.99. The number of imidazole rings is 1. The van der Waals surface area contributed by atoms with Gasteiger partial charge in [0.15, 0.2) is 0 Å². The highest BCUT2D eigenvalue weighted by Gasteiger charge is 2.30. The summed E-state index contributed by atoms with van der Waals surface area (Å²) in [6, 6.07) is -4.48. The van der Waals surface area contributed by atoms with Crippen LogP contribution in [0.3, 0.4) is 0 Å². The summed E-state index contributed by atoms with van der Waals surface area (Å²) in [6.07, 6.45) is 6.32. The summed E-state index contributed by atoms with van der Waals surface area (Å²) in [5.41, 5.74) is 11.5. The Morgan fingerprint density at radius 1 is 1.06 bits per heavy atom. The number of nitrogens with zero attached hydrogens (tertiary/aromatic N) is 1. The fourth-order valence-corrected chi connectivity index (χ4v) is 3.46. The molecule has 34 heavy (non-hydrogen) atoms. The maximum Gasteiger partial charge on any atom is 0.326 e. The lowest BCUT2D eigenvalue weighted by molar-refractivity contribution is -0.142. The van der Waals surface area contributed by atoms with Crippen LogP contribution in [0.15, 0.2) is 12.5 Å². The Morgan fingerprint density at radius 3 is 2.26 bits per heavy atom. The van der Waals surface area contributed by atoms with Gasteiger partial charge in [0, 0.05) is 18.3 Å². The number of aliphatic hydroxyl groups is 1. The van der Waals surface area contributed by atoms with Crippen LogP contribution in [0.2, 0.25) is 0 Å². The second-order valence-corrected chi connectivity index (χ2v) is 8.64. The van der Waals surface area contributed by atoms with E-state index in [9.17, 15) is 24.3 Å². The van der Waals surface area contributed by atoms with Crippen LogP contribution in [0, 0.1) is 0 Å². The average molecular weight is 502 g/mol. The third-order valence-electron chi connectivity index (χ3n) is 4.95. The van der Waals surface area contributed by atoms with Gasteiger partial charge in [-0.1, -0.05) is 0 Å². The van der Waals surface area contributed by atoms with E-state index in [1.807, 2.05) is 6.26 Å². The Morgan fingerprint density at radius 2 is 1.71 bits per heavy atom. The van der Waals surface area contributed by atoms with Gasteiger partial charge in [0.2, 0.25) is 17.7 Å². The number of hydrogen-bond acceptors (Lipinski definition) is 9. The minimum absolute atomic E-state index is 0.0199. The molecule has 14 heteroatoms. The largest absolute Gasteiger partial charge is 0.480 e. The van der Waals surface area contributed by atoms with E-state index in [2.05, 4.69) is 25.9 Å². The molecule has 4 unspecified atom stereocenters. The molecule has 1 heterocycles. The van der Waals surface area contributed by atoms with Gasteiger partial charge in [-0.05, 0) is 44.2 Å². The number of carboxylic acids is 1. The molecule has 13 nitrogen and oxygen atoms in total. The van der Waals surface area contributed by atoms with E-state index < -0.39 is 54.5 Å². The minimum Gasteiger partial charge on any atom is -0.480 e. The number of rotatable bonds is 17. The van der Waals surface area contributed by atoms with Gasteiger partial charge in [-0.3, -0.25) is 14.4 Å². The first kappa shape index (κ1) is 29.4. The number of aliphatic carboxylic acids is 1. The number of H-pyrrole nitrogens is 1. The zero-order valence-electron chi connectivity index (χ0n) is 19.2. The van der Waals surface area contributed by atoms with Gasteiger partial charge in [-0.25, -0.2) is 9.78 Å². The molecule has 3 amide bonds. The van der Waals surface area contributed by atoms with Crippen molar-refractivity contribution in [2.75, 3.05) is 25.2 Å². The molecule has 1 aromatic rings. The molecule has 1 aromatic heterocycles. The van der Waals surface area contributed by atoms with E-state index in [0.29, 0.717) is 30.8 Å². The highest BCUT2D eigenvalue weighted by Crippen LogP contribution is 2.06. The molecule has 0 spiro atoms. The van der Waals surface area contributed by atoms with Crippen LogP contribution < -0.4 is 27.4 Å². The summed E-state index contributed by atoms with van der Waals surface area (Å²) in [5.74, 6) is -2.69. The third kappa shape index (κ3) is 10.5. The first-order chi connectivity index (χ1) is 16.2.